The Morgan fingerprint density at radius 1 is 1.00 bits per heavy atom. The molecule has 37 heavy (non-hydrogen) atoms. The molecule has 3 rings (SSSR count). The van der Waals surface area contributed by atoms with Gasteiger partial charge in [-0.15, -0.1) is 0 Å². The summed E-state index contributed by atoms with van der Waals surface area (Å²) < 4.78 is 5.55. The number of aliphatic hydroxyl groups excluding tert-OH is 1. The van der Waals surface area contributed by atoms with Gasteiger partial charge in [0.15, 0.2) is 0 Å². The van der Waals surface area contributed by atoms with Gasteiger partial charge in [0.05, 0.1) is 25.0 Å². The molecule has 11 heteroatoms. The number of hydrogen-bond acceptors (Lipinski definition) is 8. The Hall–Kier alpha value is -2.50. The number of allylic oxidation sites excluding steroid dienone is 1. The topological polar surface area (TPSA) is 134 Å². The van der Waals surface area contributed by atoms with Crippen molar-refractivity contribution in [2.75, 3.05) is 11.5 Å². The first kappa shape index (κ1) is 29.1. The number of esters is 1. The molecule has 0 spiro atoms. The summed E-state index contributed by atoms with van der Waals surface area (Å²) >= 11 is 0. The van der Waals surface area contributed by atoms with Gasteiger partial charge in [-0.25, -0.2) is 0 Å². The van der Waals surface area contributed by atoms with Gasteiger partial charge in [-0.3, -0.25) is 19.2 Å². The molecule has 202 valence electrons. The third kappa shape index (κ3) is 9.39. The second-order valence-electron chi connectivity index (χ2n) is 9.48. The average molecular weight is 550 g/mol. The number of nitrogens with one attached hydrogen (secondary N) is 3. The first-order valence-electron chi connectivity index (χ1n) is 12.5. The Kier molecular flexibility index (Phi) is 11.3. The molecule has 0 unspecified atom stereocenters. The highest BCUT2D eigenvalue weighted by atomic mass is 33.1. The van der Waals surface area contributed by atoms with Crippen molar-refractivity contribution in [2.45, 2.75) is 69.9 Å². The zero-order chi connectivity index (χ0) is 26.8. The number of fused-ring (bicyclic) bond motifs is 7. The average Bonchev–Trinajstić information content (AvgIpc) is 2.84. The molecule has 0 aromatic heterocycles. The van der Waals surface area contributed by atoms with Crippen LogP contribution in [-0.2, 0) is 30.3 Å². The van der Waals surface area contributed by atoms with Crippen molar-refractivity contribution in [3.05, 3.63) is 48.0 Å². The van der Waals surface area contributed by atoms with E-state index in [-0.39, 0.29) is 25.2 Å². The van der Waals surface area contributed by atoms with E-state index in [0.29, 0.717) is 12.2 Å². The van der Waals surface area contributed by atoms with Crippen LogP contribution in [0, 0.1) is 5.92 Å². The van der Waals surface area contributed by atoms with Crippen LogP contribution in [0.25, 0.3) is 0 Å². The molecule has 0 saturated carbocycles. The highest BCUT2D eigenvalue weighted by Gasteiger charge is 2.33. The van der Waals surface area contributed by atoms with Crippen LogP contribution in [0.4, 0.5) is 0 Å². The SMILES string of the molecule is CC(C)[C@H]1NC(=O)[C@H]2CSSCC/C=C/[C@@H](CC(=O)N[C@@H](Cc3ccccc3)C(=O)N2)OC(=O)C[C@@H]1O. The van der Waals surface area contributed by atoms with Crippen molar-refractivity contribution in [2.24, 2.45) is 5.92 Å². The predicted octanol–water partition coefficient (Wildman–Crippen LogP) is 1.75. The minimum Gasteiger partial charge on any atom is -0.457 e. The van der Waals surface area contributed by atoms with Crippen LogP contribution in [-0.4, -0.2) is 70.6 Å². The maximum absolute atomic E-state index is 13.4. The monoisotopic (exact) mass is 549 g/mol. The number of aliphatic hydroxyl groups is 1. The lowest BCUT2D eigenvalue weighted by atomic mass is 9.96. The lowest BCUT2D eigenvalue weighted by Crippen LogP contribution is -2.58. The molecule has 1 fully saturated rings. The second kappa shape index (κ2) is 14.4. The summed E-state index contributed by atoms with van der Waals surface area (Å²) in [4.78, 5) is 52.4. The Labute approximate surface area is 225 Å². The second-order valence-corrected chi connectivity index (χ2v) is 12.1. The normalized spacial score (nSPS) is 29.6. The Balaban J connectivity index is 1.98. The molecule has 0 radical (unpaired) electrons. The number of carbonyl (C=O) groups is 4. The third-order valence-electron chi connectivity index (χ3n) is 6.09. The minimum atomic E-state index is -1.20. The standard InChI is InChI=1S/C26H35N3O6S2/c1-16(2)24-21(30)14-23(32)35-18-10-6-7-11-36-37-15-20(26(34)29-24)28-25(33)19(27-22(31)13-18)12-17-8-4-3-5-9-17/h3-6,8-10,16,18-21,24,30H,7,11-15H2,1-2H3,(H,27,31)(H,28,33)(H,29,34)/b10-6+/t18-,19-,20+,21-,24+/m0/s1. The van der Waals surface area contributed by atoms with Crippen LogP contribution >= 0.6 is 21.6 Å². The fraction of sp³-hybridized carbons (Fsp3) is 0.538. The van der Waals surface area contributed by atoms with Gasteiger partial charge in [0.1, 0.15) is 18.2 Å². The molecule has 2 heterocycles. The number of hydrogen-bond donors (Lipinski definition) is 4. The van der Waals surface area contributed by atoms with Crippen LogP contribution in [0.1, 0.15) is 38.7 Å². The minimum absolute atomic E-state index is 0.174. The predicted molar refractivity (Wildman–Crippen MR) is 145 cm³/mol. The van der Waals surface area contributed by atoms with Gasteiger partial charge in [0.2, 0.25) is 17.7 Å². The molecule has 1 saturated heterocycles. The van der Waals surface area contributed by atoms with E-state index in [4.69, 9.17) is 4.74 Å². The van der Waals surface area contributed by atoms with Crippen LogP contribution in [0.3, 0.4) is 0 Å². The van der Waals surface area contributed by atoms with Crippen molar-refractivity contribution >= 4 is 45.3 Å². The number of carbonyl (C=O) groups excluding carboxylic acids is 4. The highest BCUT2D eigenvalue weighted by molar-refractivity contribution is 8.76. The fourth-order valence-corrected chi connectivity index (χ4v) is 6.28. The molecule has 0 aliphatic carbocycles. The molecule has 1 aromatic carbocycles. The number of benzene rings is 1. The van der Waals surface area contributed by atoms with Gasteiger partial charge < -0.3 is 25.8 Å². The third-order valence-corrected chi connectivity index (χ3v) is 8.54. The van der Waals surface area contributed by atoms with Gasteiger partial charge in [-0.05, 0) is 24.0 Å². The summed E-state index contributed by atoms with van der Waals surface area (Å²) in [6.45, 7) is 3.66. The fourth-order valence-electron chi connectivity index (χ4n) is 4.13. The van der Waals surface area contributed by atoms with E-state index in [2.05, 4.69) is 16.0 Å². The maximum atomic E-state index is 13.4. The van der Waals surface area contributed by atoms with E-state index >= 15 is 0 Å². The van der Waals surface area contributed by atoms with Gasteiger partial charge in [-0.2, -0.15) is 0 Å². The summed E-state index contributed by atoms with van der Waals surface area (Å²) in [6.07, 6.45) is 1.86. The zero-order valence-corrected chi connectivity index (χ0v) is 22.7. The van der Waals surface area contributed by atoms with E-state index in [1.807, 2.05) is 50.3 Å². The Morgan fingerprint density at radius 3 is 2.49 bits per heavy atom. The van der Waals surface area contributed by atoms with Crippen LogP contribution < -0.4 is 16.0 Å². The number of amides is 3. The zero-order valence-electron chi connectivity index (χ0n) is 21.1. The molecule has 3 amide bonds. The van der Waals surface area contributed by atoms with E-state index in [1.54, 1.807) is 16.9 Å². The molecule has 2 aliphatic heterocycles. The molecule has 9 nitrogen and oxygen atoms in total. The van der Waals surface area contributed by atoms with Gasteiger partial charge in [0.25, 0.3) is 0 Å². The molecular weight excluding hydrogens is 514 g/mol. The molecule has 2 aliphatic rings. The van der Waals surface area contributed by atoms with E-state index in [9.17, 15) is 24.3 Å². The summed E-state index contributed by atoms with van der Waals surface area (Å²) in [6, 6.07) is 6.69. The van der Waals surface area contributed by atoms with Crippen molar-refractivity contribution in [1.29, 1.82) is 0 Å². The quantitative estimate of drug-likeness (QED) is 0.255. The molecule has 4 N–H and O–H groups in total. The summed E-state index contributed by atoms with van der Waals surface area (Å²) in [7, 11) is 3.03. The molecule has 5 atom stereocenters. The summed E-state index contributed by atoms with van der Waals surface area (Å²) in [5, 5.41) is 19.2. The molecule has 1 aromatic rings. The lowest BCUT2D eigenvalue weighted by molar-refractivity contribution is -0.151. The van der Waals surface area contributed by atoms with Crippen molar-refractivity contribution in [3.8, 4) is 0 Å². The molecular formula is C26H35N3O6S2. The van der Waals surface area contributed by atoms with Crippen LogP contribution in [0.2, 0.25) is 0 Å². The van der Waals surface area contributed by atoms with Crippen molar-refractivity contribution < 1.29 is 29.0 Å². The highest BCUT2D eigenvalue weighted by Crippen LogP contribution is 2.24. The number of ether oxygens (including phenoxy) is 1. The van der Waals surface area contributed by atoms with Gasteiger partial charge >= 0.3 is 5.97 Å². The van der Waals surface area contributed by atoms with E-state index in [1.165, 1.54) is 10.8 Å². The summed E-state index contributed by atoms with van der Waals surface area (Å²) in [5.41, 5.74) is 0.843. The largest absolute Gasteiger partial charge is 0.457 e. The van der Waals surface area contributed by atoms with E-state index < -0.39 is 54.0 Å². The van der Waals surface area contributed by atoms with Crippen LogP contribution in [0.5, 0.6) is 0 Å². The van der Waals surface area contributed by atoms with Crippen LogP contribution in [0.15, 0.2) is 42.5 Å². The molecule has 2 bridgehead atoms. The lowest BCUT2D eigenvalue weighted by Gasteiger charge is -2.29. The number of rotatable bonds is 3. The summed E-state index contributed by atoms with van der Waals surface area (Å²) in [5.74, 6) is -1.24. The maximum Gasteiger partial charge on any atom is 0.309 e. The first-order valence-corrected chi connectivity index (χ1v) is 14.9. The first-order chi connectivity index (χ1) is 17.7. The van der Waals surface area contributed by atoms with Gasteiger partial charge in [0, 0.05) is 17.9 Å². The Bertz CT molecular complexity index is 974. The van der Waals surface area contributed by atoms with Crippen molar-refractivity contribution in [3.63, 3.8) is 0 Å². The van der Waals surface area contributed by atoms with Gasteiger partial charge in [-0.1, -0.05) is 71.8 Å². The van der Waals surface area contributed by atoms with Crippen molar-refractivity contribution in [1.82, 2.24) is 16.0 Å². The Morgan fingerprint density at radius 2 is 1.76 bits per heavy atom. The van der Waals surface area contributed by atoms with E-state index in [0.717, 1.165) is 11.3 Å². The smallest absolute Gasteiger partial charge is 0.309 e.